The number of nitrogens with zero attached hydrogens (tertiary/aromatic N) is 1. The van der Waals surface area contributed by atoms with Crippen molar-refractivity contribution in [2.75, 3.05) is 6.54 Å². The third kappa shape index (κ3) is 6.80. The number of thiazole rings is 1. The van der Waals surface area contributed by atoms with Gasteiger partial charge in [-0.25, -0.2) is 4.98 Å². The highest BCUT2D eigenvalue weighted by Crippen LogP contribution is 2.22. The molecule has 0 unspecified atom stereocenters. The molecule has 1 atom stereocenters. The van der Waals surface area contributed by atoms with E-state index in [0.717, 1.165) is 42.8 Å². The largest absolute Gasteiger partial charge is 0.356 e. The summed E-state index contributed by atoms with van der Waals surface area (Å²) in [5.41, 5.74) is 1.16. The van der Waals surface area contributed by atoms with Crippen LogP contribution in [-0.4, -0.2) is 23.7 Å². The molecule has 1 heterocycles. The van der Waals surface area contributed by atoms with Crippen molar-refractivity contribution in [1.82, 2.24) is 10.3 Å². The molecular formula is C15H30N2O2S. The van der Waals surface area contributed by atoms with Crippen molar-refractivity contribution < 1.29 is 12.4 Å². The Kier molecular flexibility index (Phi) is 9.90. The maximum atomic E-state index is 11.8. The highest BCUT2D eigenvalue weighted by Gasteiger charge is 2.16. The molecule has 1 N–H and O–H groups in total. The van der Waals surface area contributed by atoms with Gasteiger partial charge in [0.2, 0.25) is 5.91 Å². The van der Waals surface area contributed by atoms with Crippen LogP contribution < -0.4 is 5.32 Å². The molecular weight excluding hydrogens is 272 g/mol. The number of carbonyl (C=O) groups is 2. The number of carbonyl (C=O) groups excluding carboxylic acids is 2. The summed E-state index contributed by atoms with van der Waals surface area (Å²) in [5.74, 6) is 0.187. The Balaban J connectivity index is -0.000000666. The van der Waals surface area contributed by atoms with Crippen molar-refractivity contribution in [1.29, 1.82) is 0 Å². The Hall–Kier alpha value is -1.23. The first-order valence-corrected chi connectivity index (χ1v) is 7.94. The van der Waals surface area contributed by atoms with Crippen molar-refractivity contribution in [2.45, 2.75) is 53.9 Å². The quantitative estimate of drug-likeness (QED) is 0.819. The second kappa shape index (κ2) is 10.5. The average molecular weight is 302 g/mol. The molecule has 1 amide bonds. The summed E-state index contributed by atoms with van der Waals surface area (Å²) in [6.45, 7) is 10.4. The fraction of sp³-hybridized carbons (Fsp3) is 0.667. The molecule has 0 fully saturated rings. The van der Waals surface area contributed by atoms with E-state index in [4.69, 9.17) is 4.79 Å². The number of nitrogens with one attached hydrogen (secondary N) is 1. The first-order valence-electron chi connectivity index (χ1n) is 7.12. The molecule has 1 aromatic heterocycles. The second-order valence-electron chi connectivity index (χ2n) is 4.59. The topological polar surface area (TPSA) is 59.1 Å². The lowest BCUT2D eigenvalue weighted by atomic mass is 10.0. The summed E-state index contributed by atoms with van der Waals surface area (Å²) >= 11 is 1.72. The minimum Gasteiger partial charge on any atom is -0.356 e. The maximum absolute atomic E-state index is 11.8. The van der Waals surface area contributed by atoms with E-state index in [9.17, 15) is 4.79 Å². The molecule has 0 aliphatic carbocycles. The Morgan fingerprint density at radius 1 is 1.50 bits per heavy atom. The maximum Gasteiger partial charge on any atom is 0.223 e. The lowest BCUT2D eigenvalue weighted by Gasteiger charge is -2.11. The van der Waals surface area contributed by atoms with Crippen molar-refractivity contribution in [3.8, 4) is 0 Å². The van der Waals surface area contributed by atoms with Crippen molar-refractivity contribution in [2.24, 2.45) is 5.92 Å². The summed E-state index contributed by atoms with van der Waals surface area (Å²) in [5, 5.41) is 4.04. The van der Waals surface area contributed by atoms with E-state index < -0.39 is 0 Å². The second-order valence-corrected chi connectivity index (χ2v) is 5.88. The van der Waals surface area contributed by atoms with E-state index in [0.29, 0.717) is 0 Å². The van der Waals surface area contributed by atoms with Crippen LogP contribution in [0.1, 0.15) is 52.5 Å². The normalized spacial score (nSPS) is 11.2. The van der Waals surface area contributed by atoms with Crippen LogP contribution in [0, 0.1) is 12.8 Å². The average Bonchev–Trinajstić information content (AvgIpc) is 2.76. The van der Waals surface area contributed by atoms with Crippen molar-refractivity contribution in [3.63, 3.8) is 0 Å². The number of hydrogen-bond donors (Lipinski definition) is 1. The third-order valence-electron chi connectivity index (χ3n) is 2.71. The molecule has 5 heteroatoms. The monoisotopic (exact) mass is 302 g/mol. The van der Waals surface area contributed by atoms with Gasteiger partial charge in [-0.3, -0.25) is 4.79 Å². The van der Waals surface area contributed by atoms with Crippen molar-refractivity contribution >= 4 is 23.5 Å². The molecule has 0 spiro atoms. The van der Waals surface area contributed by atoms with Gasteiger partial charge in [0.1, 0.15) is 6.29 Å². The zero-order valence-corrected chi connectivity index (χ0v) is 14.0. The first-order chi connectivity index (χ1) is 9.49. The summed E-state index contributed by atoms with van der Waals surface area (Å²) in [6.07, 6.45) is 3.49. The van der Waals surface area contributed by atoms with Crippen LogP contribution in [0.2, 0.25) is 0 Å². The lowest BCUT2D eigenvalue weighted by Crippen LogP contribution is -2.30. The summed E-state index contributed by atoms with van der Waals surface area (Å²) in [6, 6.07) is 0. The molecule has 0 aliphatic rings. The Morgan fingerprint density at radius 2 is 2.10 bits per heavy atom. The van der Waals surface area contributed by atoms with Crippen LogP contribution in [0.25, 0.3) is 0 Å². The van der Waals surface area contributed by atoms with Crippen LogP contribution in [-0.2, 0) is 22.4 Å². The van der Waals surface area contributed by atoms with Crippen LogP contribution in [0.5, 0.6) is 0 Å². The van der Waals surface area contributed by atoms with Gasteiger partial charge in [-0.2, -0.15) is 0 Å². The van der Waals surface area contributed by atoms with E-state index in [-0.39, 0.29) is 14.7 Å². The van der Waals surface area contributed by atoms with Crippen LogP contribution >= 0.6 is 11.3 Å². The van der Waals surface area contributed by atoms with Gasteiger partial charge in [-0.1, -0.05) is 20.8 Å². The Bertz CT molecular complexity index is 426. The van der Waals surface area contributed by atoms with Crippen LogP contribution in [0.4, 0.5) is 0 Å². The van der Waals surface area contributed by atoms with Gasteiger partial charge in [0.25, 0.3) is 0 Å². The fourth-order valence-electron chi connectivity index (χ4n) is 1.74. The number of aryl methyl sites for hydroxylation is 2. The number of hydrogen-bond acceptors (Lipinski definition) is 4. The summed E-state index contributed by atoms with van der Waals surface area (Å²) < 4.78 is 0. The van der Waals surface area contributed by atoms with E-state index >= 15 is 0 Å². The number of amides is 1. The number of aromatic nitrogens is 1. The molecule has 0 bridgehead atoms. The molecule has 0 saturated heterocycles. The molecule has 0 aromatic carbocycles. The fourth-order valence-corrected chi connectivity index (χ4v) is 2.89. The molecule has 4 nitrogen and oxygen atoms in total. The highest BCUT2D eigenvalue weighted by atomic mass is 32.1. The minimum absolute atomic E-state index is 0. The van der Waals surface area contributed by atoms with Gasteiger partial charge < -0.3 is 10.1 Å². The van der Waals surface area contributed by atoms with E-state index in [1.807, 2.05) is 13.8 Å². The standard InChI is InChI=1S/C13H22N2OS.C2H4O.2H2/c1-5-7-14-13(16)9(3)8-12-11(6-2)15-10(4)17-12;1-2-3;;/h9H,5-8H2,1-4H3,(H,14,16);2H,1H3;2*1H/t9-;;;/m1.../s1. The van der Waals surface area contributed by atoms with Crippen LogP contribution in [0.3, 0.4) is 0 Å². The highest BCUT2D eigenvalue weighted by molar-refractivity contribution is 7.11. The van der Waals surface area contributed by atoms with E-state index in [2.05, 4.69) is 24.1 Å². The molecule has 1 rings (SSSR count). The molecule has 118 valence electrons. The predicted octanol–water partition coefficient (Wildman–Crippen LogP) is 3.42. The molecule has 20 heavy (non-hydrogen) atoms. The minimum atomic E-state index is 0. The molecule has 1 aromatic rings. The lowest BCUT2D eigenvalue weighted by molar-refractivity contribution is -0.124. The Labute approximate surface area is 129 Å². The molecule has 0 saturated carbocycles. The van der Waals surface area contributed by atoms with Gasteiger partial charge in [0.05, 0.1) is 10.7 Å². The van der Waals surface area contributed by atoms with E-state index in [1.54, 1.807) is 11.3 Å². The number of aldehydes is 1. The van der Waals surface area contributed by atoms with Gasteiger partial charge in [-0.05, 0) is 33.1 Å². The van der Waals surface area contributed by atoms with Gasteiger partial charge in [0.15, 0.2) is 0 Å². The van der Waals surface area contributed by atoms with E-state index in [1.165, 1.54) is 11.8 Å². The smallest absolute Gasteiger partial charge is 0.223 e. The zero-order valence-electron chi connectivity index (χ0n) is 13.2. The zero-order chi connectivity index (χ0) is 15.5. The number of rotatable bonds is 6. The van der Waals surface area contributed by atoms with Gasteiger partial charge in [-0.15, -0.1) is 11.3 Å². The first kappa shape index (κ1) is 18.8. The third-order valence-corrected chi connectivity index (χ3v) is 3.74. The van der Waals surface area contributed by atoms with Crippen molar-refractivity contribution in [3.05, 3.63) is 15.6 Å². The molecule has 0 radical (unpaired) electrons. The SMILES string of the molecule is CC=O.CCCNC(=O)[C@H](C)Cc1sc(C)nc1CC.[HH].[HH]. The summed E-state index contributed by atoms with van der Waals surface area (Å²) in [7, 11) is 0. The Morgan fingerprint density at radius 3 is 2.60 bits per heavy atom. The van der Waals surface area contributed by atoms with Gasteiger partial charge >= 0.3 is 0 Å². The molecule has 0 aliphatic heterocycles. The van der Waals surface area contributed by atoms with Gasteiger partial charge in [0, 0.05) is 20.2 Å². The summed E-state index contributed by atoms with van der Waals surface area (Å²) in [4.78, 5) is 26.3. The predicted molar refractivity (Wildman–Crippen MR) is 88.4 cm³/mol. The van der Waals surface area contributed by atoms with Crippen LogP contribution in [0.15, 0.2) is 0 Å².